The maximum atomic E-state index is 12.4. The Balaban J connectivity index is 1.72. The summed E-state index contributed by atoms with van der Waals surface area (Å²) in [6, 6.07) is 14.8. The fourth-order valence-electron chi connectivity index (χ4n) is 2.93. The first-order valence-electron chi connectivity index (χ1n) is 7.74. The van der Waals surface area contributed by atoms with Crippen LogP contribution in [-0.4, -0.2) is 25.0 Å². The van der Waals surface area contributed by atoms with E-state index in [-0.39, 0.29) is 17.9 Å². The molecule has 1 heterocycles. The maximum Gasteiger partial charge on any atom is 0.227 e. The van der Waals surface area contributed by atoms with Gasteiger partial charge in [-0.2, -0.15) is 0 Å². The molecule has 3 rings (SSSR count). The summed E-state index contributed by atoms with van der Waals surface area (Å²) in [4.78, 5) is 12.4. The minimum Gasteiger partial charge on any atom is -0.352 e. The molecular formula is C18H22N2O. The molecule has 110 valence electrons. The van der Waals surface area contributed by atoms with Crippen LogP contribution in [0.25, 0.3) is 10.8 Å². The SMILES string of the molecule is C[C@@H](C(=O)N[C@H]1CCCNC1)c1ccc2ccccc2c1. The lowest BCUT2D eigenvalue weighted by molar-refractivity contribution is -0.123. The van der Waals surface area contributed by atoms with Crippen LogP contribution in [0.3, 0.4) is 0 Å². The van der Waals surface area contributed by atoms with Crippen LogP contribution < -0.4 is 10.6 Å². The van der Waals surface area contributed by atoms with Crippen molar-refractivity contribution >= 4 is 16.7 Å². The lowest BCUT2D eigenvalue weighted by atomic mass is 9.96. The average molecular weight is 282 g/mol. The number of carbonyl (C=O) groups excluding carboxylic acids is 1. The number of fused-ring (bicyclic) bond motifs is 1. The monoisotopic (exact) mass is 282 g/mol. The third-order valence-electron chi connectivity index (χ3n) is 4.31. The van der Waals surface area contributed by atoms with E-state index in [1.165, 1.54) is 10.8 Å². The van der Waals surface area contributed by atoms with Gasteiger partial charge in [0.2, 0.25) is 5.91 Å². The van der Waals surface area contributed by atoms with Crippen LogP contribution in [0.15, 0.2) is 42.5 Å². The van der Waals surface area contributed by atoms with Crippen LogP contribution in [0.4, 0.5) is 0 Å². The molecule has 1 fully saturated rings. The first-order valence-corrected chi connectivity index (χ1v) is 7.74. The minimum absolute atomic E-state index is 0.114. The number of piperidine rings is 1. The number of carbonyl (C=O) groups is 1. The number of benzene rings is 2. The fraction of sp³-hybridized carbons (Fsp3) is 0.389. The van der Waals surface area contributed by atoms with Gasteiger partial charge in [0.15, 0.2) is 0 Å². The molecule has 1 aliphatic rings. The Bertz CT molecular complexity index is 632. The van der Waals surface area contributed by atoms with Crippen LogP contribution >= 0.6 is 0 Å². The first kappa shape index (κ1) is 14.1. The van der Waals surface area contributed by atoms with Gasteiger partial charge in [0, 0.05) is 12.6 Å². The van der Waals surface area contributed by atoms with Crippen LogP contribution in [0.2, 0.25) is 0 Å². The van der Waals surface area contributed by atoms with Crippen LogP contribution in [-0.2, 0) is 4.79 Å². The second-order valence-corrected chi connectivity index (χ2v) is 5.88. The van der Waals surface area contributed by atoms with E-state index in [2.05, 4.69) is 41.0 Å². The molecule has 2 atom stereocenters. The molecule has 0 saturated carbocycles. The summed E-state index contributed by atoms with van der Waals surface area (Å²) in [5, 5.41) is 8.89. The van der Waals surface area contributed by atoms with Crippen LogP contribution in [0, 0.1) is 0 Å². The largest absolute Gasteiger partial charge is 0.352 e. The quantitative estimate of drug-likeness (QED) is 0.909. The molecule has 2 aromatic carbocycles. The summed E-state index contributed by atoms with van der Waals surface area (Å²) in [6.07, 6.45) is 2.21. The van der Waals surface area contributed by atoms with Crippen molar-refractivity contribution in [1.29, 1.82) is 0 Å². The van der Waals surface area contributed by atoms with Crippen LogP contribution in [0.5, 0.6) is 0 Å². The van der Waals surface area contributed by atoms with Gasteiger partial charge in [0.25, 0.3) is 0 Å². The van der Waals surface area contributed by atoms with Gasteiger partial charge >= 0.3 is 0 Å². The minimum atomic E-state index is -0.114. The Hall–Kier alpha value is -1.87. The van der Waals surface area contributed by atoms with Crippen molar-refractivity contribution in [3.63, 3.8) is 0 Å². The molecule has 0 aromatic heterocycles. The topological polar surface area (TPSA) is 41.1 Å². The van der Waals surface area contributed by atoms with Crippen molar-refractivity contribution in [3.8, 4) is 0 Å². The highest BCUT2D eigenvalue weighted by atomic mass is 16.1. The molecule has 0 spiro atoms. The number of amides is 1. The fourth-order valence-corrected chi connectivity index (χ4v) is 2.93. The van der Waals surface area contributed by atoms with Crippen molar-refractivity contribution in [2.45, 2.75) is 31.7 Å². The number of hydrogen-bond acceptors (Lipinski definition) is 2. The van der Waals surface area contributed by atoms with Gasteiger partial charge in [-0.3, -0.25) is 4.79 Å². The summed E-state index contributed by atoms with van der Waals surface area (Å²) in [7, 11) is 0. The van der Waals surface area contributed by atoms with Gasteiger partial charge in [-0.25, -0.2) is 0 Å². The van der Waals surface area contributed by atoms with Crippen molar-refractivity contribution in [1.82, 2.24) is 10.6 Å². The zero-order valence-electron chi connectivity index (χ0n) is 12.4. The summed E-state index contributed by atoms with van der Waals surface area (Å²) >= 11 is 0. The van der Waals surface area contributed by atoms with E-state index in [4.69, 9.17) is 0 Å². The molecule has 3 heteroatoms. The highest BCUT2D eigenvalue weighted by Crippen LogP contribution is 2.22. The van der Waals surface area contributed by atoms with Crippen molar-refractivity contribution in [3.05, 3.63) is 48.0 Å². The van der Waals surface area contributed by atoms with E-state index < -0.39 is 0 Å². The third-order valence-corrected chi connectivity index (χ3v) is 4.31. The molecule has 3 nitrogen and oxygen atoms in total. The van der Waals surface area contributed by atoms with Gasteiger partial charge in [0.1, 0.15) is 0 Å². The number of nitrogens with one attached hydrogen (secondary N) is 2. The van der Waals surface area contributed by atoms with E-state index in [0.29, 0.717) is 0 Å². The summed E-state index contributed by atoms with van der Waals surface area (Å²) in [5.74, 6) is 0.00973. The molecule has 21 heavy (non-hydrogen) atoms. The van der Waals surface area contributed by atoms with Gasteiger partial charge in [-0.05, 0) is 42.6 Å². The van der Waals surface area contributed by atoms with Gasteiger partial charge in [-0.1, -0.05) is 42.5 Å². The lowest BCUT2D eigenvalue weighted by Crippen LogP contribution is -2.46. The highest BCUT2D eigenvalue weighted by molar-refractivity contribution is 5.87. The maximum absolute atomic E-state index is 12.4. The third kappa shape index (κ3) is 3.24. The Morgan fingerprint density at radius 1 is 1.24 bits per heavy atom. The molecule has 1 saturated heterocycles. The van der Waals surface area contributed by atoms with E-state index >= 15 is 0 Å². The summed E-state index contributed by atoms with van der Waals surface area (Å²) in [6.45, 7) is 3.93. The Labute approximate surface area is 125 Å². The molecule has 0 unspecified atom stereocenters. The van der Waals surface area contributed by atoms with Gasteiger partial charge in [-0.15, -0.1) is 0 Å². The normalized spacial score (nSPS) is 20.1. The highest BCUT2D eigenvalue weighted by Gasteiger charge is 2.20. The molecule has 0 bridgehead atoms. The zero-order chi connectivity index (χ0) is 14.7. The first-order chi connectivity index (χ1) is 10.2. The van der Waals surface area contributed by atoms with E-state index in [1.807, 2.05) is 19.1 Å². The van der Waals surface area contributed by atoms with Crippen molar-refractivity contribution < 1.29 is 4.79 Å². The van der Waals surface area contributed by atoms with E-state index in [0.717, 1.165) is 31.5 Å². The van der Waals surface area contributed by atoms with Crippen molar-refractivity contribution in [2.75, 3.05) is 13.1 Å². The summed E-state index contributed by atoms with van der Waals surface area (Å²) < 4.78 is 0. The average Bonchev–Trinajstić information content (AvgIpc) is 2.54. The number of rotatable bonds is 3. The van der Waals surface area contributed by atoms with Gasteiger partial charge in [0.05, 0.1) is 5.92 Å². The zero-order valence-corrected chi connectivity index (χ0v) is 12.4. The van der Waals surface area contributed by atoms with Gasteiger partial charge < -0.3 is 10.6 Å². The van der Waals surface area contributed by atoms with Crippen LogP contribution in [0.1, 0.15) is 31.2 Å². The predicted molar refractivity (Wildman–Crippen MR) is 86.4 cm³/mol. The molecule has 0 aliphatic carbocycles. The molecule has 0 radical (unpaired) electrons. The lowest BCUT2D eigenvalue weighted by Gasteiger charge is -2.25. The summed E-state index contributed by atoms with van der Waals surface area (Å²) in [5.41, 5.74) is 1.08. The standard InChI is InChI=1S/C18H22N2O/c1-13(18(21)20-17-7-4-10-19-12-17)15-9-8-14-5-2-3-6-16(14)11-15/h2-3,5-6,8-9,11,13,17,19H,4,7,10,12H2,1H3,(H,20,21)/t13-,17+/m1/s1. The Morgan fingerprint density at radius 2 is 2.05 bits per heavy atom. The van der Waals surface area contributed by atoms with E-state index in [9.17, 15) is 4.79 Å². The smallest absolute Gasteiger partial charge is 0.227 e. The molecule has 1 aliphatic heterocycles. The second-order valence-electron chi connectivity index (χ2n) is 5.88. The number of hydrogen-bond donors (Lipinski definition) is 2. The molecular weight excluding hydrogens is 260 g/mol. The molecule has 2 N–H and O–H groups in total. The molecule has 1 amide bonds. The second kappa shape index (κ2) is 6.27. The van der Waals surface area contributed by atoms with Crippen molar-refractivity contribution in [2.24, 2.45) is 0 Å². The Kier molecular flexibility index (Phi) is 4.20. The molecule has 2 aromatic rings. The van der Waals surface area contributed by atoms with E-state index in [1.54, 1.807) is 0 Å². The predicted octanol–water partition coefficient (Wildman–Crippen LogP) is 2.81. The Morgan fingerprint density at radius 3 is 2.81 bits per heavy atom.